The van der Waals surface area contributed by atoms with E-state index in [4.69, 9.17) is 24.1 Å². The Morgan fingerprint density at radius 2 is 1.44 bits per heavy atom. The first-order valence-electron chi connectivity index (χ1n) is 8.80. The molecule has 10 nitrogen and oxygen atoms in total. The number of nitrogens with one attached hydrogen (secondary N) is 2. The highest BCUT2D eigenvalue weighted by Crippen LogP contribution is 1.95. The van der Waals surface area contributed by atoms with E-state index in [1.807, 2.05) is 0 Å². The second-order valence-corrected chi connectivity index (χ2v) is 5.93. The van der Waals surface area contributed by atoms with Crippen molar-refractivity contribution in [2.75, 3.05) is 71.7 Å². The molecule has 0 spiro atoms. The van der Waals surface area contributed by atoms with Crippen molar-refractivity contribution in [1.29, 1.82) is 0 Å². The van der Waals surface area contributed by atoms with Crippen LogP contribution in [-0.4, -0.2) is 89.8 Å². The van der Waals surface area contributed by atoms with E-state index in [-0.39, 0.29) is 25.0 Å². The van der Waals surface area contributed by atoms with Crippen LogP contribution in [0.2, 0.25) is 0 Å². The fourth-order valence-electron chi connectivity index (χ4n) is 1.72. The van der Waals surface area contributed by atoms with Gasteiger partial charge in [0.05, 0.1) is 39.6 Å². The molecular formula is C16H31N3O7S. The maximum absolute atomic E-state index is 11.5. The van der Waals surface area contributed by atoms with Gasteiger partial charge < -0.3 is 34.4 Å². The van der Waals surface area contributed by atoms with Crippen molar-refractivity contribution in [3.05, 3.63) is 0 Å². The molecule has 0 aromatic rings. The molecule has 27 heavy (non-hydrogen) atoms. The van der Waals surface area contributed by atoms with Crippen LogP contribution in [0.5, 0.6) is 0 Å². The topological polar surface area (TPSA) is 138 Å². The molecule has 0 aliphatic carbocycles. The van der Waals surface area contributed by atoms with Gasteiger partial charge in [-0.25, -0.2) is 0 Å². The molecule has 0 unspecified atom stereocenters. The summed E-state index contributed by atoms with van der Waals surface area (Å²) in [5.74, 6) is 0.510. The molecule has 0 bridgehead atoms. The molecule has 0 fully saturated rings. The first kappa shape index (κ1) is 25.8. The van der Waals surface area contributed by atoms with E-state index in [0.29, 0.717) is 65.4 Å². The van der Waals surface area contributed by atoms with E-state index < -0.39 is 0 Å². The van der Waals surface area contributed by atoms with Gasteiger partial charge >= 0.3 is 0 Å². The molecule has 11 heteroatoms. The lowest BCUT2D eigenvalue weighted by molar-refractivity contribution is -0.126. The van der Waals surface area contributed by atoms with Crippen LogP contribution in [0.25, 0.3) is 0 Å². The van der Waals surface area contributed by atoms with Crippen molar-refractivity contribution < 1.29 is 33.3 Å². The van der Waals surface area contributed by atoms with Gasteiger partial charge in [-0.05, 0) is 6.42 Å². The second kappa shape index (κ2) is 21.1. The molecule has 0 rings (SSSR count). The molecule has 0 aromatic heterocycles. The number of hydrogen-bond acceptors (Lipinski definition) is 9. The summed E-state index contributed by atoms with van der Waals surface area (Å²) in [5, 5.41) is 10.7. The zero-order chi connectivity index (χ0) is 20.0. The van der Waals surface area contributed by atoms with Crippen molar-refractivity contribution >= 4 is 30.0 Å². The molecule has 0 saturated carbocycles. The molecular weight excluding hydrogens is 378 g/mol. The summed E-state index contributed by atoms with van der Waals surface area (Å²) in [6.45, 7) is 2.91. The highest BCUT2D eigenvalue weighted by molar-refractivity contribution is 7.97. The van der Waals surface area contributed by atoms with Crippen LogP contribution in [0.3, 0.4) is 0 Å². The average molecular weight is 410 g/mol. The van der Waals surface area contributed by atoms with Crippen LogP contribution in [0, 0.1) is 0 Å². The Kier molecular flexibility index (Phi) is 20.1. The summed E-state index contributed by atoms with van der Waals surface area (Å²) >= 11 is 1.23. The Morgan fingerprint density at radius 1 is 0.852 bits per heavy atom. The van der Waals surface area contributed by atoms with Gasteiger partial charge in [0, 0.05) is 25.3 Å². The maximum Gasteiger partial charge on any atom is 0.246 e. The number of aldehydes is 1. The Labute approximate surface area is 164 Å². The highest BCUT2D eigenvalue weighted by Gasteiger charge is 2.02. The van der Waals surface area contributed by atoms with E-state index in [0.717, 1.165) is 12.2 Å². The van der Waals surface area contributed by atoms with Gasteiger partial charge in [-0.3, -0.25) is 14.7 Å². The van der Waals surface area contributed by atoms with Gasteiger partial charge in [-0.15, -0.1) is 0 Å². The molecule has 0 aliphatic rings. The molecule has 158 valence electrons. The molecule has 0 heterocycles. The molecule has 4 N–H and O–H groups in total. The van der Waals surface area contributed by atoms with Gasteiger partial charge in [0.25, 0.3) is 0 Å². The monoisotopic (exact) mass is 409 g/mol. The first-order valence-corrected chi connectivity index (χ1v) is 9.85. The zero-order valence-electron chi connectivity index (χ0n) is 15.6. The molecule has 0 aromatic carbocycles. The maximum atomic E-state index is 11.5. The quantitative estimate of drug-likeness (QED) is 0.129. The van der Waals surface area contributed by atoms with Crippen LogP contribution in [-0.2, 0) is 33.3 Å². The fourth-order valence-corrected chi connectivity index (χ4v) is 2.03. The Hall–Kier alpha value is -1.24. The smallest absolute Gasteiger partial charge is 0.246 e. The number of nitrogens with two attached hydrogens (primary N) is 1. The summed E-state index contributed by atoms with van der Waals surface area (Å²) in [6, 6.07) is 0. The van der Waals surface area contributed by atoms with Crippen molar-refractivity contribution in [2.24, 2.45) is 5.14 Å². The molecule has 0 atom stereocenters. The normalized spacial score (nSPS) is 10.6. The number of carbonyl (C=O) groups is 3. The highest BCUT2D eigenvalue weighted by atomic mass is 32.2. The lowest BCUT2D eigenvalue weighted by Gasteiger charge is -2.08. The summed E-state index contributed by atoms with van der Waals surface area (Å²) in [7, 11) is 0. The first-order chi connectivity index (χ1) is 13.2. The molecule has 0 saturated heterocycles. The van der Waals surface area contributed by atoms with E-state index >= 15 is 0 Å². The van der Waals surface area contributed by atoms with Gasteiger partial charge in [-0.2, -0.15) is 0 Å². The predicted molar refractivity (Wildman–Crippen MR) is 101 cm³/mol. The van der Waals surface area contributed by atoms with Gasteiger partial charge in [-0.1, -0.05) is 11.9 Å². The van der Waals surface area contributed by atoms with E-state index in [1.54, 1.807) is 0 Å². The van der Waals surface area contributed by atoms with Crippen LogP contribution in [0.4, 0.5) is 0 Å². The average Bonchev–Trinajstić information content (AvgIpc) is 2.66. The number of hydrogen-bond donors (Lipinski definition) is 3. The number of ether oxygens (including phenoxy) is 4. The minimum atomic E-state index is -0.237. The molecule has 0 aliphatic heterocycles. The Balaban J connectivity index is 3.25. The van der Waals surface area contributed by atoms with Gasteiger partial charge in [0.2, 0.25) is 11.8 Å². The number of carbonyl (C=O) groups excluding carboxylic acids is 3. The Morgan fingerprint density at radius 3 is 2.07 bits per heavy atom. The molecule has 0 radical (unpaired) electrons. The van der Waals surface area contributed by atoms with Crippen LogP contribution in [0.15, 0.2) is 0 Å². The standard InChI is InChI=1S/C16H31N3O7S/c17-27-13-1-2-15(21)18-3-6-24-11-12-26-14-16(22)19-4-7-23-9-10-25-8-5-20/h5H,1-4,6-14,17H2,(H,18,21)(H,19,22). The predicted octanol–water partition coefficient (Wildman–Crippen LogP) is -1.13. The van der Waals surface area contributed by atoms with Crippen molar-refractivity contribution in [3.63, 3.8) is 0 Å². The van der Waals surface area contributed by atoms with Gasteiger partial charge in [0.1, 0.15) is 19.5 Å². The SMILES string of the molecule is NSCCCC(=O)NCCOCCOCC(=O)NCCOCCOCC=O. The number of amides is 2. The largest absolute Gasteiger partial charge is 0.377 e. The third-order valence-corrected chi connectivity index (χ3v) is 3.49. The van der Waals surface area contributed by atoms with Crippen molar-refractivity contribution in [1.82, 2.24) is 10.6 Å². The summed E-state index contributed by atoms with van der Waals surface area (Å²) in [6.07, 6.45) is 1.89. The molecule has 2 amide bonds. The van der Waals surface area contributed by atoms with Crippen LogP contribution >= 0.6 is 11.9 Å². The van der Waals surface area contributed by atoms with E-state index in [1.165, 1.54) is 11.9 Å². The van der Waals surface area contributed by atoms with Gasteiger partial charge in [0.15, 0.2) is 0 Å². The summed E-state index contributed by atoms with van der Waals surface area (Å²) in [4.78, 5) is 32.9. The Bertz CT molecular complexity index is 389. The van der Waals surface area contributed by atoms with Crippen molar-refractivity contribution in [2.45, 2.75) is 12.8 Å². The lowest BCUT2D eigenvalue weighted by atomic mass is 10.3. The number of rotatable bonds is 20. The third kappa shape index (κ3) is 20.9. The third-order valence-electron chi connectivity index (χ3n) is 2.97. The van der Waals surface area contributed by atoms with Crippen LogP contribution < -0.4 is 15.8 Å². The van der Waals surface area contributed by atoms with E-state index in [9.17, 15) is 14.4 Å². The van der Waals surface area contributed by atoms with E-state index in [2.05, 4.69) is 10.6 Å². The second-order valence-electron chi connectivity index (χ2n) is 5.19. The summed E-state index contributed by atoms with van der Waals surface area (Å²) < 4.78 is 20.6. The lowest BCUT2D eigenvalue weighted by Crippen LogP contribution is -2.31. The fraction of sp³-hybridized carbons (Fsp3) is 0.812. The zero-order valence-corrected chi connectivity index (χ0v) is 16.4. The minimum Gasteiger partial charge on any atom is -0.377 e. The minimum absolute atomic E-state index is 0.0157. The summed E-state index contributed by atoms with van der Waals surface area (Å²) in [5.41, 5.74) is 0. The van der Waals surface area contributed by atoms with Crippen molar-refractivity contribution in [3.8, 4) is 0 Å². The van der Waals surface area contributed by atoms with Crippen LogP contribution in [0.1, 0.15) is 12.8 Å².